The average Bonchev–Trinajstić information content (AvgIpc) is 3.18. The molecule has 6 aromatic carbocycles. The Kier molecular flexibility index (Phi) is 12.5. The highest BCUT2D eigenvalue weighted by Crippen LogP contribution is 2.31. The number of hydrogen-bond donors (Lipinski definition) is 0. The van der Waals surface area contributed by atoms with Crippen LogP contribution in [0.2, 0.25) is 0 Å². The fourth-order valence-corrected chi connectivity index (χ4v) is 7.07. The number of hydrogen-bond acceptors (Lipinski definition) is 4. The minimum Gasteiger partial charge on any atom is -0.497 e. The Morgan fingerprint density at radius 2 is 1.19 bits per heavy atom. The van der Waals surface area contributed by atoms with Crippen molar-refractivity contribution in [2.24, 2.45) is 11.8 Å². The van der Waals surface area contributed by atoms with E-state index in [0.29, 0.717) is 11.8 Å². The first-order chi connectivity index (χ1) is 25.4. The molecule has 0 spiro atoms. The molecule has 4 heteroatoms. The van der Waals surface area contributed by atoms with Crippen LogP contribution in [-0.2, 0) is 19.5 Å². The molecule has 0 saturated carbocycles. The lowest BCUT2D eigenvalue weighted by molar-refractivity contribution is 0.404. The van der Waals surface area contributed by atoms with E-state index in [1.807, 2.05) is 0 Å². The predicted molar refractivity (Wildman–Crippen MR) is 221 cm³/mol. The minimum absolute atomic E-state index is 0.451. The Labute approximate surface area is 311 Å². The molecule has 0 aliphatic heterocycles. The first kappa shape index (κ1) is 36.6. The van der Waals surface area contributed by atoms with Gasteiger partial charge >= 0.3 is 0 Å². The van der Waals surface area contributed by atoms with E-state index in [0.717, 1.165) is 56.9 Å². The van der Waals surface area contributed by atoms with Crippen molar-refractivity contribution in [2.75, 3.05) is 37.1 Å². The molecule has 52 heavy (non-hydrogen) atoms. The Hall–Kier alpha value is -5.22. The van der Waals surface area contributed by atoms with E-state index >= 15 is 0 Å². The van der Waals surface area contributed by atoms with Crippen LogP contribution in [-0.4, -0.2) is 27.3 Å². The molecule has 0 aromatic heterocycles. The van der Waals surface area contributed by atoms with Crippen LogP contribution < -0.4 is 19.3 Å². The molecule has 0 heterocycles. The quantitative estimate of drug-likeness (QED) is 0.0951. The van der Waals surface area contributed by atoms with Crippen molar-refractivity contribution in [1.29, 1.82) is 0 Å². The first-order valence-electron chi connectivity index (χ1n) is 18.8. The minimum atomic E-state index is 0.451. The summed E-state index contributed by atoms with van der Waals surface area (Å²) in [6.45, 7) is 10.7. The summed E-state index contributed by atoms with van der Waals surface area (Å²) in [6, 6.07) is 50.3. The highest BCUT2D eigenvalue weighted by Gasteiger charge is 2.17. The van der Waals surface area contributed by atoms with Gasteiger partial charge in [0.25, 0.3) is 0 Å². The maximum atomic E-state index is 5.95. The number of benzene rings is 6. The largest absolute Gasteiger partial charge is 0.497 e. The summed E-state index contributed by atoms with van der Waals surface area (Å²) in [5, 5.41) is 2.62. The summed E-state index contributed by atoms with van der Waals surface area (Å²) in [5.41, 5.74) is 8.87. The number of nitrogens with zero attached hydrogens (tertiary/aromatic N) is 2. The summed E-state index contributed by atoms with van der Waals surface area (Å²) in [4.78, 5) is 5.06. The van der Waals surface area contributed by atoms with Gasteiger partial charge in [-0.15, -0.1) is 0 Å². The van der Waals surface area contributed by atoms with Crippen molar-refractivity contribution in [3.63, 3.8) is 0 Å². The summed E-state index contributed by atoms with van der Waals surface area (Å²) >= 11 is 0. The molecular weight excluding hydrogens is 637 g/mol. The van der Waals surface area contributed by atoms with E-state index in [2.05, 4.69) is 170 Å². The van der Waals surface area contributed by atoms with Crippen molar-refractivity contribution >= 4 is 22.1 Å². The highest BCUT2D eigenvalue weighted by atomic mass is 16.5. The van der Waals surface area contributed by atoms with Crippen molar-refractivity contribution in [3.05, 3.63) is 156 Å². The molecule has 268 valence electrons. The smallest absolute Gasteiger partial charge is 0.122 e. The molecule has 0 saturated heterocycles. The van der Waals surface area contributed by atoms with Gasteiger partial charge in [0.1, 0.15) is 11.5 Å². The fraction of sp³-hybridized carbons (Fsp3) is 0.292. The molecule has 1 atom stereocenters. The van der Waals surface area contributed by atoms with E-state index < -0.39 is 0 Å². The summed E-state index contributed by atoms with van der Waals surface area (Å²) < 4.78 is 11.4. The van der Waals surface area contributed by atoms with Gasteiger partial charge in [0, 0.05) is 37.6 Å². The number of methoxy groups -OCH3 is 2. The molecule has 0 N–H and O–H groups in total. The second-order valence-corrected chi connectivity index (χ2v) is 14.5. The Morgan fingerprint density at radius 1 is 0.538 bits per heavy atom. The summed E-state index contributed by atoms with van der Waals surface area (Å²) in [7, 11) is 3.52. The lowest BCUT2D eigenvalue weighted by Gasteiger charge is -2.28. The summed E-state index contributed by atoms with van der Waals surface area (Å²) in [6.07, 6.45) is 3.14. The molecule has 1 unspecified atom stereocenters. The van der Waals surface area contributed by atoms with E-state index in [4.69, 9.17) is 9.47 Å². The Morgan fingerprint density at radius 3 is 1.92 bits per heavy atom. The number of ether oxygens (including phenoxy) is 2. The van der Waals surface area contributed by atoms with Crippen LogP contribution in [0.25, 0.3) is 21.9 Å². The second kappa shape index (κ2) is 17.8. The maximum Gasteiger partial charge on any atom is 0.122 e. The Balaban J connectivity index is 1.19. The molecule has 0 radical (unpaired) electrons. The molecule has 6 aromatic rings. The van der Waals surface area contributed by atoms with Crippen molar-refractivity contribution in [2.45, 2.75) is 53.1 Å². The Bertz CT molecular complexity index is 1980. The van der Waals surface area contributed by atoms with Crippen LogP contribution in [0.1, 0.15) is 50.3 Å². The number of fused-ring (bicyclic) bond motifs is 1. The van der Waals surface area contributed by atoms with E-state index in [9.17, 15) is 0 Å². The van der Waals surface area contributed by atoms with Gasteiger partial charge in [-0.3, -0.25) is 0 Å². The second-order valence-electron chi connectivity index (χ2n) is 14.5. The number of rotatable bonds is 17. The van der Waals surface area contributed by atoms with E-state index in [-0.39, 0.29) is 0 Å². The number of anilines is 2. The molecular formula is C48H54N2O2. The third-order valence-corrected chi connectivity index (χ3v) is 10.2. The predicted octanol–water partition coefficient (Wildman–Crippen LogP) is 11.9. The van der Waals surface area contributed by atoms with Crippen LogP contribution >= 0.6 is 0 Å². The van der Waals surface area contributed by atoms with Gasteiger partial charge in [-0.25, -0.2) is 0 Å². The zero-order valence-electron chi connectivity index (χ0n) is 31.6. The first-order valence-corrected chi connectivity index (χ1v) is 18.8. The molecule has 0 aliphatic carbocycles. The van der Waals surface area contributed by atoms with Gasteiger partial charge in [0.05, 0.1) is 14.2 Å². The van der Waals surface area contributed by atoms with Gasteiger partial charge in [0.2, 0.25) is 0 Å². The standard InChI is InChI=1S/C48H54N2O2/c1-36(2)28-30-50(35-42-16-11-15-41-14-9-10-17-47(41)42)45-24-27-48(52-5)43(33-45)32-37(3)29-31-49(44-22-25-46(51-4)26-23-44)34-38-18-20-40(21-19-38)39-12-7-6-8-13-39/h6-27,33,36-37H,28-32,34-35H2,1-5H3. The monoisotopic (exact) mass is 690 g/mol. The third kappa shape index (κ3) is 9.55. The topological polar surface area (TPSA) is 24.9 Å². The van der Waals surface area contributed by atoms with Crippen LogP contribution in [0.15, 0.2) is 140 Å². The molecule has 4 nitrogen and oxygen atoms in total. The van der Waals surface area contributed by atoms with Gasteiger partial charge in [-0.2, -0.15) is 0 Å². The zero-order valence-corrected chi connectivity index (χ0v) is 31.6. The van der Waals surface area contributed by atoms with Gasteiger partial charge < -0.3 is 19.3 Å². The van der Waals surface area contributed by atoms with Gasteiger partial charge in [0.15, 0.2) is 0 Å². The van der Waals surface area contributed by atoms with Gasteiger partial charge in [-0.05, 0) is 112 Å². The highest BCUT2D eigenvalue weighted by molar-refractivity contribution is 5.86. The van der Waals surface area contributed by atoms with Crippen molar-refractivity contribution in [1.82, 2.24) is 0 Å². The third-order valence-electron chi connectivity index (χ3n) is 10.2. The van der Waals surface area contributed by atoms with Crippen LogP contribution in [0.5, 0.6) is 11.5 Å². The fourth-order valence-electron chi connectivity index (χ4n) is 7.07. The average molecular weight is 691 g/mol. The lowest BCUT2D eigenvalue weighted by atomic mass is 9.96. The molecule has 6 rings (SSSR count). The maximum absolute atomic E-state index is 5.95. The van der Waals surface area contributed by atoms with E-state index in [1.165, 1.54) is 50.0 Å². The normalized spacial score (nSPS) is 11.8. The van der Waals surface area contributed by atoms with Crippen molar-refractivity contribution < 1.29 is 9.47 Å². The van der Waals surface area contributed by atoms with E-state index in [1.54, 1.807) is 14.2 Å². The summed E-state index contributed by atoms with van der Waals surface area (Å²) in [5.74, 6) is 2.92. The molecule has 0 amide bonds. The molecule has 0 fully saturated rings. The van der Waals surface area contributed by atoms with Crippen molar-refractivity contribution in [3.8, 4) is 22.6 Å². The molecule has 0 aliphatic rings. The lowest BCUT2D eigenvalue weighted by Crippen LogP contribution is -2.26. The van der Waals surface area contributed by atoms with Gasteiger partial charge in [-0.1, -0.05) is 118 Å². The van der Waals surface area contributed by atoms with Crippen LogP contribution in [0.4, 0.5) is 11.4 Å². The molecule has 0 bridgehead atoms. The zero-order chi connectivity index (χ0) is 36.3. The van der Waals surface area contributed by atoms with Crippen LogP contribution in [0, 0.1) is 11.8 Å². The van der Waals surface area contributed by atoms with Crippen LogP contribution in [0.3, 0.4) is 0 Å². The SMILES string of the molecule is COc1ccc(N(CCC(C)Cc2cc(N(CCC(C)C)Cc3cccc4ccccc34)ccc2OC)Cc2ccc(-c3ccccc3)cc2)cc1.